The van der Waals surface area contributed by atoms with Gasteiger partial charge < -0.3 is 9.80 Å². The number of carbonyl (C=O) groups is 2. The zero-order valence-corrected chi connectivity index (χ0v) is 15.4. The van der Waals surface area contributed by atoms with Crippen molar-refractivity contribution < 1.29 is 14.0 Å². The lowest BCUT2D eigenvalue weighted by Crippen LogP contribution is -2.51. The van der Waals surface area contributed by atoms with Crippen molar-refractivity contribution in [1.29, 1.82) is 0 Å². The second-order valence-corrected chi connectivity index (χ2v) is 7.33. The molecule has 142 valence electrons. The molecule has 0 aromatic heterocycles. The van der Waals surface area contributed by atoms with E-state index in [2.05, 4.69) is 24.7 Å². The summed E-state index contributed by atoms with van der Waals surface area (Å²) in [5.41, 5.74) is 7.17. The van der Waals surface area contributed by atoms with Crippen molar-refractivity contribution in [3.05, 3.63) is 35.6 Å². The van der Waals surface area contributed by atoms with Gasteiger partial charge in [0.25, 0.3) is 0 Å². The van der Waals surface area contributed by atoms with Crippen molar-refractivity contribution in [3.63, 3.8) is 0 Å². The van der Waals surface area contributed by atoms with Crippen molar-refractivity contribution in [3.8, 4) is 0 Å². The first-order valence-corrected chi connectivity index (χ1v) is 9.25. The van der Waals surface area contributed by atoms with E-state index in [0.29, 0.717) is 44.1 Å². The number of hydrogen-bond acceptors (Lipinski definition) is 4. The van der Waals surface area contributed by atoms with Crippen LogP contribution in [0.4, 0.5) is 4.39 Å². The first kappa shape index (κ1) is 18.8. The highest BCUT2D eigenvalue weighted by molar-refractivity contribution is 5.86. The van der Waals surface area contributed by atoms with Crippen molar-refractivity contribution in [2.24, 2.45) is 5.92 Å². The number of amides is 2. The third-order valence-corrected chi connectivity index (χ3v) is 5.45. The zero-order chi connectivity index (χ0) is 18.7. The number of nitrogens with one attached hydrogen (secondary N) is 2. The van der Waals surface area contributed by atoms with Gasteiger partial charge in [0.1, 0.15) is 5.82 Å². The number of hydrazine groups is 1. The fourth-order valence-electron chi connectivity index (χ4n) is 3.80. The van der Waals surface area contributed by atoms with Gasteiger partial charge in [0.2, 0.25) is 11.8 Å². The molecule has 0 saturated carbocycles. The van der Waals surface area contributed by atoms with E-state index in [1.165, 1.54) is 12.1 Å². The van der Waals surface area contributed by atoms with E-state index >= 15 is 0 Å². The molecule has 3 rings (SSSR count). The van der Waals surface area contributed by atoms with Gasteiger partial charge in [-0.25, -0.2) is 4.39 Å². The lowest BCUT2D eigenvalue weighted by atomic mass is 9.91. The molecule has 0 bridgehead atoms. The van der Waals surface area contributed by atoms with E-state index in [9.17, 15) is 14.0 Å². The topological polar surface area (TPSA) is 64.7 Å². The zero-order valence-electron chi connectivity index (χ0n) is 15.4. The van der Waals surface area contributed by atoms with Crippen molar-refractivity contribution in [2.75, 3.05) is 19.6 Å². The summed E-state index contributed by atoms with van der Waals surface area (Å²) in [6.45, 7) is 5.74. The Morgan fingerprint density at radius 2 is 1.96 bits per heavy atom. The van der Waals surface area contributed by atoms with Gasteiger partial charge in [-0.1, -0.05) is 12.1 Å². The normalized spacial score (nSPS) is 26.4. The summed E-state index contributed by atoms with van der Waals surface area (Å²) >= 11 is 0. The number of piperazine rings is 1. The van der Waals surface area contributed by atoms with Crippen LogP contribution in [0.5, 0.6) is 0 Å². The summed E-state index contributed by atoms with van der Waals surface area (Å²) in [5, 5.41) is 0. The summed E-state index contributed by atoms with van der Waals surface area (Å²) in [6, 6.07) is 6.95. The highest BCUT2D eigenvalue weighted by Gasteiger charge is 2.32. The monoisotopic (exact) mass is 362 g/mol. The van der Waals surface area contributed by atoms with Gasteiger partial charge in [-0.3, -0.25) is 20.4 Å². The molecule has 7 heteroatoms. The smallest absolute Gasteiger partial charge is 0.242 e. The van der Waals surface area contributed by atoms with E-state index in [-0.39, 0.29) is 24.2 Å². The molecule has 0 aliphatic carbocycles. The summed E-state index contributed by atoms with van der Waals surface area (Å²) in [5.74, 6) is 0.0573. The largest absolute Gasteiger partial charge is 0.335 e. The number of hydrogen-bond donors (Lipinski definition) is 2. The Labute approximate surface area is 153 Å². The highest BCUT2D eigenvalue weighted by Crippen LogP contribution is 2.21. The molecule has 0 radical (unpaired) electrons. The number of rotatable bonds is 5. The quantitative estimate of drug-likeness (QED) is 0.828. The number of carbonyl (C=O) groups excluding carboxylic acids is 2. The minimum Gasteiger partial charge on any atom is -0.335 e. The second-order valence-electron chi connectivity index (χ2n) is 7.33. The third kappa shape index (κ3) is 4.40. The Kier molecular flexibility index (Phi) is 5.88. The fourth-order valence-corrected chi connectivity index (χ4v) is 3.80. The molecule has 1 aromatic rings. The predicted octanol–water partition coefficient (Wildman–Crippen LogP) is 1.28. The van der Waals surface area contributed by atoms with Crippen LogP contribution in [0, 0.1) is 11.7 Å². The molecule has 2 heterocycles. The van der Waals surface area contributed by atoms with Crippen LogP contribution < -0.4 is 10.9 Å². The SMILES string of the molecule is CC1NNC(C)C1CCC(=O)N1CCN(Cc2cccc(F)c2)C(=O)C1. The third-order valence-electron chi connectivity index (χ3n) is 5.45. The maximum absolute atomic E-state index is 13.3. The van der Waals surface area contributed by atoms with Gasteiger partial charge in [-0.05, 0) is 43.9 Å². The van der Waals surface area contributed by atoms with Crippen LogP contribution in [0.15, 0.2) is 24.3 Å². The molecule has 1 aromatic carbocycles. The molecule has 2 aliphatic heterocycles. The van der Waals surface area contributed by atoms with E-state index in [1.54, 1.807) is 21.9 Å². The highest BCUT2D eigenvalue weighted by atomic mass is 19.1. The molecule has 2 amide bonds. The van der Waals surface area contributed by atoms with Crippen LogP contribution in [0.3, 0.4) is 0 Å². The molecule has 2 saturated heterocycles. The molecule has 6 nitrogen and oxygen atoms in total. The Balaban J connectivity index is 1.48. The maximum atomic E-state index is 13.3. The van der Waals surface area contributed by atoms with Crippen LogP contribution in [0.2, 0.25) is 0 Å². The summed E-state index contributed by atoms with van der Waals surface area (Å²) in [7, 11) is 0. The molecule has 26 heavy (non-hydrogen) atoms. The average molecular weight is 362 g/mol. The number of nitrogens with zero attached hydrogens (tertiary/aromatic N) is 2. The Morgan fingerprint density at radius 3 is 2.62 bits per heavy atom. The number of halogens is 1. The van der Waals surface area contributed by atoms with Crippen LogP contribution in [-0.4, -0.2) is 53.3 Å². The molecular weight excluding hydrogens is 335 g/mol. The van der Waals surface area contributed by atoms with Gasteiger partial charge >= 0.3 is 0 Å². The average Bonchev–Trinajstić information content (AvgIpc) is 2.93. The fraction of sp³-hybridized carbons (Fsp3) is 0.579. The minimum absolute atomic E-state index is 0.0371. The van der Waals surface area contributed by atoms with Gasteiger partial charge in [0.05, 0.1) is 6.54 Å². The lowest BCUT2D eigenvalue weighted by Gasteiger charge is -2.34. The maximum Gasteiger partial charge on any atom is 0.242 e. The molecular formula is C19H27FN4O2. The van der Waals surface area contributed by atoms with Crippen LogP contribution in [0.25, 0.3) is 0 Å². The van der Waals surface area contributed by atoms with E-state index in [0.717, 1.165) is 12.0 Å². The van der Waals surface area contributed by atoms with Gasteiger partial charge in [-0.2, -0.15) is 0 Å². The first-order chi connectivity index (χ1) is 12.4. The molecule has 2 aliphatic rings. The minimum atomic E-state index is -0.303. The number of benzene rings is 1. The Morgan fingerprint density at radius 1 is 1.23 bits per heavy atom. The standard InChI is InChI=1S/C19H27FN4O2/c1-13-17(14(2)22-21-13)6-7-18(25)24-9-8-23(19(26)12-24)11-15-4-3-5-16(20)10-15/h3-5,10,13-14,17,21-22H,6-9,11-12H2,1-2H3. The van der Waals surface area contributed by atoms with Gasteiger partial charge in [0.15, 0.2) is 0 Å². The molecule has 2 unspecified atom stereocenters. The van der Waals surface area contributed by atoms with E-state index in [1.807, 2.05) is 0 Å². The van der Waals surface area contributed by atoms with Gasteiger partial charge in [0, 0.05) is 38.1 Å². The molecule has 0 spiro atoms. The molecule has 2 atom stereocenters. The van der Waals surface area contributed by atoms with Crippen LogP contribution in [0.1, 0.15) is 32.3 Å². The molecule has 2 fully saturated rings. The second kappa shape index (κ2) is 8.14. The van der Waals surface area contributed by atoms with E-state index < -0.39 is 0 Å². The van der Waals surface area contributed by atoms with Crippen molar-refractivity contribution in [2.45, 2.75) is 45.3 Å². The summed E-state index contributed by atoms with van der Waals surface area (Å²) < 4.78 is 13.3. The molecule has 2 N–H and O–H groups in total. The lowest BCUT2D eigenvalue weighted by molar-refractivity contribution is -0.145. The first-order valence-electron chi connectivity index (χ1n) is 9.25. The summed E-state index contributed by atoms with van der Waals surface area (Å²) in [4.78, 5) is 28.2. The predicted molar refractivity (Wildman–Crippen MR) is 96.3 cm³/mol. The van der Waals surface area contributed by atoms with Crippen molar-refractivity contribution in [1.82, 2.24) is 20.7 Å². The van der Waals surface area contributed by atoms with Gasteiger partial charge in [-0.15, -0.1) is 0 Å². The van der Waals surface area contributed by atoms with Crippen LogP contribution in [-0.2, 0) is 16.1 Å². The Hall–Kier alpha value is -1.99. The Bertz CT molecular complexity index is 659. The van der Waals surface area contributed by atoms with Crippen LogP contribution >= 0.6 is 0 Å². The van der Waals surface area contributed by atoms with E-state index in [4.69, 9.17) is 0 Å². The summed E-state index contributed by atoms with van der Waals surface area (Å²) in [6.07, 6.45) is 1.26. The van der Waals surface area contributed by atoms with Crippen molar-refractivity contribution >= 4 is 11.8 Å².